The number of fused-ring (bicyclic) bond motifs is 1. The fourth-order valence-electron chi connectivity index (χ4n) is 3.15. The molecule has 0 aliphatic carbocycles. The largest absolute Gasteiger partial charge is 0.497 e. The van der Waals surface area contributed by atoms with E-state index in [1.54, 1.807) is 17.7 Å². The molecule has 0 fully saturated rings. The number of hydrogen-bond donors (Lipinski definition) is 0. The number of esters is 1. The number of carbonyl (C=O) groups is 1. The van der Waals surface area contributed by atoms with Gasteiger partial charge in [0.25, 0.3) is 11.7 Å². The van der Waals surface area contributed by atoms with E-state index in [1.807, 2.05) is 32.0 Å². The molecule has 0 spiro atoms. The minimum Gasteiger partial charge on any atom is -0.497 e. The summed E-state index contributed by atoms with van der Waals surface area (Å²) in [5, 5.41) is 8.08. The third-order valence-electron chi connectivity index (χ3n) is 4.72. The maximum Gasteiger partial charge on any atom is 0.306 e. The van der Waals surface area contributed by atoms with E-state index in [0.29, 0.717) is 23.8 Å². The van der Waals surface area contributed by atoms with Crippen molar-refractivity contribution in [3.8, 4) is 17.1 Å². The lowest BCUT2D eigenvalue weighted by molar-refractivity contribution is -0.145. The molecule has 4 rings (SSSR count). The molecule has 30 heavy (non-hydrogen) atoms. The molecular weight excluding hydrogens is 388 g/mol. The van der Waals surface area contributed by atoms with Crippen LogP contribution in [-0.4, -0.2) is 42.8 Å². The van der Waals surface area contributed by atoms with Crippen LogP contribution < -0.4 is 4.74 Å². The Morgan fingerprint density at radius 3 is 2.93 bits per heavy atom. The Morgan fingerprint density at radius 2 is 2.10 bits per heavy atom. The van der Waals surface area contributed by atoms with Crippen LogP contribution in [0.5, 0.6) is 5.75 Å². The monoisotopic (exact) mass is 408 g/mol. The van der Waals surface area contributed by atoms with E-state index in [2.05, 4.69) is 25.2 Å². The van der Waals surface area contributed by atoms with E-state index in [9.17, 15) is 4.79 Å². The molecule has 3 aromatic heterocycles. The molecule has 0 atom stereocenters. The van der Waals surface area contributed by atoms with Crippen molar-refractivity contribution in [3.63, 3.8) is 0 Å². The van der Waals surface area contributed by atoms with Crippen LogP contribution in [0, 0.1) is 13.8 Å². The van der Waals surface area contributed by atoms with Crippen molar-refractivity contribution in [3.05, 3.63) is 53.4 Å². The van der Waals surface area contributed by atoms with Gasteiger partial charge in [-0.1, -0.05) is 17.3 Å². The van der Waals surface area contributed by atoms with Crippen LogP contribution in [-0.2, 0) is 22.6 Å². The van der Waals surface area contributed by atoms with Crippen LogP contribution in [0.2, 0.25) is 0 Å². The van der Waals surface area contributed by atoms with Gasteiger partial charge in [0.1, 0.15) is 12.1 Å². The quantitative estimate of drug-likeness (QED) is 0.425. The van der Waals surface area contributed by atoms with Gasteiger partial charge in [-0.15, -0.1) is 0 Å². The molecule has 1 aromatic carbocycles. The van der Waals surface area contributed by atoms with E-state index >= 15 is 0 Å². The summed E-state index contributed by atoms with van der Waals surface area (Å²) in [6, 6.07) is 7.30. The van der Waals surface area contributed by atoms with Crippen LogP contribution in [0.1, 0.15) is 29.3 Å². The summed E-state index contributed by atoms with van der Waals surface area (Å²) in [7, 11) is 1.59. The molecule has 4 aromatic rings. The molecule has 154 valence electrons. The first-order valence-electron chi connectivity index (χ1n) is 9.33. The van der Waals surface area contributed by atoms with Crippen molar-refractivity contribution in [1.29, 1.82) is 0 Å². The van der Waals surface area contributed by atoms with Gasteiger partial charge in [-0.2, -0.15) is 15.1 Å². The highest BCUT2D eigenvalue weighted by molar-refractivity contribution is 5.69. The zero-order valence-corrected chi connectivity index (χ0v) is 16.8. The SMILES string of the molecule is COc1cccc(-c2noc(COC(=O)CCc3c(C)nc4ncnn4c3C)n2)c1. The molecular formula is C20H20N6O4. The summed E-state index contributed by atoms with van der Waals surface area (Å²) in [4.78, 5) is 25.0. The molecule has 0 saturated carbocycles. The van der Waals surface area contributed by atoms with Crippen LogP contribution in [0.4, 0.5) is 0 Å². The average Bonchev–Trinajstić information content (AvgIpc) is 3.41. The van der Waals surface area contributed by atoms with Gasteiger partial charge >= 0.3 is 5.97 Å². The minimum atomic E-state index is -0.367. The Morgan fingerprint density at radius 1 is 1.23 bits per heavy atom. The second-order valence-electron chi connectivity index (χ2n) is 6.64. The van der Waals surface area contributed by atoms with Crippen molar-refractivity contribution < 1.29 is 18.8 Å². The Labute approximate surface area is 171 Å². The number of benzene rings is 1. The average molecular weight is 408 g/mol. The molecule has 0 saturated heterocycles. The molecule has 0 amide bonds. The number of ether oxygens (including phenoxy) is 2. The van der Waals surface area contributed by atoms with E-state index in [-0.39, 0.29) is 24.9 Å². The van der Waals surface area contributed by atoms with Gasteiger partial charge in [-0.3, -0.25) is 4.79 Å². The molecule has 0 radical (unpaired) electrons. The first-order chi connectivity index (χ1) is 14.5. The van der Waals surface area contributed by atoms with Gasteiger partial charge in [0.05, 0.1) is 7.11 Å². The Balaban J connectivity index is 1.35. The van der Waals surface area contributed by atoms with Crippen molar-refractivity contribution in [2.75, 3.05) is 7.11 Å². The second-order valence-corrected chi connectivity index (χ2v) is 6.64. The summed E-state index contributed by atoms with van der Waals surface area (Å²) >= 11 is 0. The normalized spacial score (nSPS) is 11.0. The van der Waals surface area contributed by atoms with Crippen molar-refractivity contribution in [1.82, 2.24) is 29.7 Å². The predicted octanol–water partition coefficient (Wildman–Crippen LogP) is 2.48. The maximum atomic E-state index is 12.2. The fraction of sp³-hybridized carbons (Fsp3) is 0.300. The summed E-state index contributed by atoms with van der Waals surface area (Å²) in [6.07, 6.45) is 2.13. The molecule has 3 heterocycles. The Bertz CT molecular complexity index is 1200. The van der Waals surface area contributed by atoms with Gasteiger partial charge in [-0.05, 0) is 38.0 Å². The minimum absolute atomic E-state index is 0.0892. The van der Waals surface area contributed by atoms with Gasteiger partial charge in [0, 0.05) is 23.4 Å². The zero-order valence-electron chi connectivity index (χ0n) is 16.8. The smallest absolute Gasteiger partial charge is 0.306 e. The van der Waals surface area contributed by atoms with Crippen LogP contribution in [0.25, 0.3) is 17.2 Å². The molecule has 0 aliphatic rings. The van der Waals surface area contributed by atoms with Gasteiger partial charge in [0.2, 0.25) is 5.82 Å². The zero-order chi connectivity index (χ0) is 21.1. The third kappa shape index (κ3) is 3.97. The number of rotatable bonds is 7. The number of nitrogens with zero attached hydrogens (tertiary/aromatic N) is 6. The lowest BCUT2D eigenvalue weighted by Gasteiger charge is -2.09. The molecule has 0 unspecified atom stereocenters. The standard InChI is InChI=1S/C20H20N6O4/c1-12-16(13(2)26-20(23-12)21-11-22-26)7-8-18(27)29-10-17-24-19(25-30-17)14-5-4-6-15(9-14)28-3/h4-6,9,11H,7-8,10H2,1-3H3. The van der Waals surface area contributed by atoms with E-state index in [1.165, 1.54) is 6.33 Å². The predicted molar refractivity (Wildman–Crippen MR) is 105 cm³/mol. The van der Waals surface area contributed by atoms with E-state index in [0.717, 1.165) is 22.5 Å². The second kappa shape index (κ2) is 8.27. The van der Waals surface area contributed by atoms with Crippen molar-refractivity contribution in [2.24, 2.45) is 0 Å². The number of aryl methyl sites for hydroxylation is 2. The summed E-state index contributed by atoms with van der Waals surface area (Å²) in [6.45, 7) is 3.73. The highest BCUT2D eigenvalue weighted by Crippen LogP contribution is 2.21. The Hall–Kier alpha value is -3.82. The van der Waals surface area contributed by atoms with Crippen molar-refractivity contribution in [2.45, 2.75) is 33.3 Å². The first kappa shape index (κ1) is 19.5. The van der Waals surface area contributed by atoms with E-state index in [4.69, 9.17) is 14.0 Å². The number of hydrogen-bond acceptors (Lipinski definition) is 9. The third-order valence-corrected chi connectivity index (χ3v) is 4.72. The van der Waals surface area contributed by atoms with Crippen LogP contribution in [0.3, 0.4) is 0 Å². The van der Waals surface area contributed by atoms with Gasteiger partial charge < -0.3 is 14.0 Å². The molecule has 0 bridgehead atoms. The summed E-state index contributed by atoms with van der Waals surface area (Å²) in [5.74, 6) is 1.49. The topological polar surface area (TPSA) is 118 Å². The molecule has 0 N–H and O–H groups in total. The summed E-state index contributed by atoms with van der Waals surface area (Å²) in [5.41, 5.74) is 3.42. The van der Waals surface area contributed by atoms with E-state index < -0.39 is 0 Å². The molecule has 10 heteroatoms. The summed E-state index contributed by atoms with van der Waals surface area (Å²) < 4.78 is 17.3. The van der Waals surface area contributed by atoms with Gasteiger partial charge in [0.15, 0.2) is 6.61 Å². The molecule has 10 nitrogen and oxygen atoms in total. The van der Waals surface area contributed by atoms with Gasteiger partial charge in [-0.25, -0.2) is 9.50 Å². The lowest BCUT2D eigenvalue weighted by atomic mass is 10.1. The highest BCUT2D eigenvalue weighted by Gasteiger charge is 2.15. The lowest BCUT2D eigenvalue weighted by Crippen LogP contribution is -2.10. The maximum absolute atomic E-state index is 12.2. The fourth-order valence-corrected chi connectivity index (χ4v) is 3.15. The van der Waals surface area contributed by atoms with Crippen LogP contribution >= 0.6 is 0 Å². The van der Waals surface area contributed by atoms with Crippen LogP contribution in [0.15, 0.2) is 35.1 Å². The number of methoxy groups -OCH3 is 1. The number of aromatic nitrogens is 6. The number of carbonyl (C=O) groups excluding carboxylic acids is 1. The first-order valence-corrected chi connectivity index (χ1v) is 9.33. The van der Waals surface area contributed by atoms with Crippen molar-refractivity contribution >= 4 is 11.7 Å². The molecule has 0 aliphatic heterocycles. The Kier molecular flexibility index (Phi) is 5.38. The highest BCUT2D eigenvalue weighted by atomic mass is 16.6.